The zero-order valence-corrected chi connectivity index (χ0v) is 30.3. The zero-order valence-electron chi connectivity index (χ0n) is 30.3. The monoisotopic (exact) mass is 780 g/mol. The highest BCUT2D eigenvalue weighted by molar-refractivity contribution is 5.92. The fourth-order valence-corrected chi connectivity index (χ4v) is 6.72. The molecule has 0 saturated carbocycles. The maximum Gasteiger partial charge on any atom is 0.573 e. The van der Waals surface area contributed by atoms with Crippen LogP contribution in [0.5, 0.6) is 11.5 Å². The van der Waals surface area contributed by atoms with Crippen molar-refractivity contribution in [3.8, 4) is 89.9 Å². The lowest BCUT2D eigenvalue weighted by Gasteiger charge is -2.17. The molecule has 0 unspecified atom stereocenters. The fraction of sp³-hybridized carbons (Fsp3) is 0.0417. The molecule has 10 heteroatoms. The predicted molar refractivity (Wildman–Crippen MR) is 213 cm³/mol. The van der Waals surface area contributed by atoms with E-state index in [-0.39, 0.29) is 11.5 Å². The Morgan fingerprint density at radius 2 is 0.621 bits per heavy atom. The van der Waals surface area contributed by atoms with Crippen molar-refractivity contribution in [2.75, 3.05) is 0 Å². The molecule has 0 spiro atoms. The number of halogens is 6. The smallest absolute Gasteiger partial charge is 0.406 e. The molecule has 0 radical (unpaired) electrons. The van der Waals surface area contributed by atoms with Crippen molar-refractivity contribution >= 4 is 0 Å². The van der Waals surface area contributed by atoms with Crippen LogP contribution in [0, 0.1) is 0 Å². The Bertz CT molecular complexity index is 2510. The van der Waals surface area contributed by atoms with Crippen molar-refractivity contribution in [3.05, 3.63) is 182 Å². The van der Waals surface area contributed by atoms with E-state index in [1.807, 2.05) is 133 Å². The third kappa shape index (κ3) is 8.76. The molecule has 0 saturated heterocycles. The van der Waals surface area contributed by atoms with Crippen molar-refractivity contribution < 1.29 is 35.8 Å². The summed E-state index contributed by atoms with van der Waals surface area (Å²) in [6, 6.07) is 54.2. The fourth-order valence-electron chi connectivity index (χ4n) is 6.72. The molecule has 58 heavy (non-hydrogen) atoms. The van der Waals surface area contributed by atoms with Gasteiger partial charge in [-0.2, -0.15) is 0 Å². The molecule has 0 aliphatic heterocycles. The molecule has 8 aromatic rings. The van der Waals surface area contributed by atoms with Crippen molar-refractivity contribution in [1.82, 2.24) is 9.97 Å². The van der Waals surface area contributed by atoms with Gasteiger partial charge in [-0.1, -0.05) is 140 Å². The summed E-state index contributed by atoms with van der Waals surface area (Å²) >= 11 is 0. The van der Waals surface area contributed by atoms with Gasteiger partial charge in [-0.25, -0.2) is 9.97 Å². The molecule has 0 amide bonds. The quantitative estimate of drug-likeness (QED) is 0.137. The Kier molecular flexibility index (Phi) is 10.2. The van der Waals surface area contributed by atoms with Gasteiger partial charge in [0, 0.05) is 22.3 Å². The minimum absolute atomic E-state index is 0.367. The highest BCUT2D eigenvalue weighted by Crippen LogP contribution is 2.40. The van der Waals surface area contributed by atoms with E-state index in [0.717, 1.165) is 50.3 Å². The third-order valence-electron chi connectivity index (χ3n) is 9.32. The number of aromatic nitrogens is 2. The predicted octanol–water partition coefficient (Wildman–Crippen LogP) is 13.9. The van der Waals surface area contributed by atoms with Gasteiger partial charge in [-0.05, 0) is 81.4 Å². The molecule has 286 valence electrons. The van der Waals surface area contributed by atoms with E-state index in [2.05, 4.69) is 9.47 Å². The number of rotatable bonds is 9. The Morgan fingerprint density at radius 3 is 0.966 bits per heavy atom. The van der Waals surface area contributed by atoms with Crippen LogP contribution in [0.4, 0.5) is 26.3 Å². The molecule has 8 rings (SSSR count). The second-order valence-electron chi connectivity index (χ2n) is 13.2. The Balaban J connectivity index is 1.22. The number of alkyl halides is 6. The van der Waals surface area contributed by atoms with Crippen LogP contribution in [-0.4, -0.2) is 22.7 Å². The normalized spacial score (nSPS) is 11.6. The number of hydrogen-bond donors (Lipinski definition) is 0. The minimum Gasteiger partial charge on any atom is -0.406 e. The van der Waals surface area contributed by atoms with E-state index in [1.54, 1.807) is 0 Å². The lowest BCUT2D eigenvalue weighted by Crippen LogP contribution is -2.16. The lowest BCUT2D eigenvalue weighted by atomic mass is 9.92. The van der Waals surface area contributed by atoms with E-state index in [9.17, 15) is 26.3 Å². The topological polar surface area (TPSA) is 44.2 Å². The first-order chi connectivity index (χ1) is 28.0. The molecule has 1 heterocycles. The summed E-state index contributed by atoms with van der Waals surface area (Å²) in [5.74, 6) is -0.220. The van der Waals surface area contributed by atoms with Crippen LogP contribution < -0.4 is 9.47 Å². The first kappa shape index (κ1) is 37.7. The van der Waals surface area contributed by atoms with Gasteiger partial charge < -0.3 is 9.47 Å². The summed E-state index contributed by atoms with van der Waals surface area (Å²) in [5, 5.41) is 0. The highest BCUT2D eigenvalue weighted by atomic mass is 19.4. The maximum absolute atomic E-state index is 12.9. The van der Waals surface area contributed by atoms with E-state index >= 15 is 0 Å². The average molecular weight is 781 g/mol. The van der Waals surface area contributed by atoms with Crippen molar-refractivity contribution in [1.29, 1.82) is 0 Å². The van der Waals surface area contributed by atoms with Crippen LogP contribution in [0.25, 0.3) is 78.4 Å². The molecule has 7 aromatic carbocycles. The number of hydrogen-bond acceptors (Lipinski definition) is 4. The lowest BCUT2D eigenvalue weighted by molar-refractivity contribution is -0.275. The molecule has 0 atom stereocenters. The standard InChI is InChI=1S/C48H30F6N2O2/c49-47(50,51)57-41-24-20-32(21-25-41)39-28-38(29-40(30-39)33-22-26-42(27-23-33)58-48(52,53)54)31-16-18-37(19-17-31)46-55-44(35-12-6-2-7-13-35)43(34-10-4-1-5-11-34)45(56-46)36-14-8-3-9-15-36/h1-30H. The van der Waals surface area contributed by atoms with E-state index < -0.39 is 12.7 Å². The van der Waals surface area contributed by atoms with Gasteiger partial charge >= 0.3 is 12.7 Å². The molecule has 0 aliphatic carbocycles. The van der Waals surface area contributed by atoms with Crippen molar-refractivity contribution in [2.45, 2.75) is 12.7 Å². The van der Waals surface area contributed by atoms with Gasteiger partial charge in [0.2, 0.25) is 0 Å². The molecule has 4 nitrogen and oxygen atoms in total. The Morgan fingerprint density at radius 1 is 0.310 bits per heavy atom. The van der Waals surface area contributed by atoms with Crippen molar-refractivity contribution in [2.24, 2.45) is 0 Å². The molecule has 0 fully saturated rings. The maximum atomic E-state index is 12.9. The summed E-state index contributed by atoms with van der Waals surface area (Å²) in [7, 11) is 0. The van der Waals surface area contributed by atoms with Gasteiger partial charge in [0.15, 0.2) is 5.82 Å². The molecule has 0 bridgehead atoms. The second-order valence-corrected chi connectivity index (χ2v) is 13.2. The van der Waals surface area contributed by atoms with E-state index in [1.165, 1.54) is 48.5 Å². The number of nitrogens with zero attached hydrogens (tertiary/aromatic N) is 2. The van der Waals surface area contributed by atoms with E-state index in [0.29, 0.717) is 28.1 Å². The van der Waals surface area contributed by atoms with Crippen LogP contribution >= 0.6 is 0 Å². The average Bonchev–Trinajstić information content (AvgIpc) is 3.23. The first-order valence-corrected chi connectivity index (χ1v) is 18.0. The molecule has 1 aromatic heterocycles. The van der Waals surface area contributed by atoms with E-state index in [4.69, 9.17) is 9.97 Å². The summed E-state index contributed by atoms with van der Waals surface area (Å²) < 4.78 is 85.4. The van der Waals surface area contributed by atoms with Crippen molar-refractivity contribution in [3.63, 3.8) is 0 Å². The van der Waals surface area contributed by atoms with Crippen LogP contribution in [0.15, 0.2) is 182 Å². The molecule has 0 N–H and O–H groups in total. The van der Waals surface area contributed by atoms with Crippen LogP contribution in [0.1, 0.15) is 0 Å². The first-order valence-electron chi connectivity index (χ1n) is 18.0. The summed E-state index contributed by atoms with van der Waals surface area (Å²) in [6.45, 7) is 0. The Hall–Kier alpha value is -7.20. The molecular weight excluding hydrogens is 751 g/mol. The largest absolute Gasteiger partial charge is 0.573 e. The minimum atomic E-state index is -4.84. The molecule has 0 aliphatic rings. The number of benzene rings is 7. The van der Waals surface area contributed by atoms with Gasteiger partial charge in [0.05, 0.1) is 11.4 Å². The summed E-state index contributed by atoms with van der Waals surface area (Å²) in [5.41, 5.74) is 10.1. The van der Waals surface area contributed by atoms with Crippen LogP contribution in [0.3, 0.4) is 0 Å². The Labute approximate surface area is 329 Å². The molecular formula is C48H30F6N2O2. The third-order valence-corrected chi connectivity index (χ3v) is 9.32. The second kappa shape index (κ2) is 15.7. The van der Waals surface area contributed by atoms with Gasteiger partial charge in [0.25, 0.3) is 0 Å². The van der Waals surface area contributed by atoms with Gasteiger partial charge in [-0.3, -0.25) is 0 Å². The summed E-state index contributed by atoms with van der Waals surface area (Å²) in [4.78, 5) is 10.3. The SMILES string of the molecule is FC(F)(F)Oc1ccc(-c2cc(-c3ccc(OC(F)(F)F)cc3)cc(-c3ccc(-c4nc(-c5ccccc5)c(-c5ccccc5)c(-c5ccccc5)n4)cc3)c2)cc1. The summed E-state index contributed by atoms with van der Waals surface area (Å²) in [6.07, 6.45) is -9.69. The van der Waals surface area contributed by atoms with Crippen LogP contribution in [-0.2, 0) is 0 Å². The van der Waals surface area contributed by atoms with Gasteiger partial charge in [-0.15, -0.1) is 26.3 Å². The van der Waals surface area contributed by atoms with Gasteiger partial charge in [0.1, 0.15) is 11.5 Å². The highest BCUT2D eigenvalue weighted by Gasteiger charge is 2.32. The van der Waals surface area contributed by atoms with Crippen LogP contribution in [0.2, 0.25) is 0 Å². The zero-order chi connectivity index (χ0) is 40.3. The number of ether oxygens (including phenoxy) is 2.